The van der Waals surface area contributed by atoms with Crippen molar-refractivity contribution in [2.75, 3.05) is 32.8 Å². The highest BCUT2D eigenvalue weighted by Gasteiger charge is 2.49. The molecule has 2 aromatic heterocycles. The molecule has 8 heteroatoms. The van der Waals surface area contributed by atoms with Crippen LogP contribution in [0, 0.1) is 5.41 Å². The smallest absolute Gasteiger partial charge is 0.257 e. The van der Waals surface area contributed by atoms with Crippen molar-refractivity contribution in [2.45, 2.75) is 19.3 Å². The third kappa shape index (κ3) is 3.35. The maximum Gasteiger partial charge on any atom is 0.257 e. The van der Waals surface area contributed by atoms with Crippen LogP contribution < -0.4 is 0 Å². The van der Waals surface area contributed by atoms with Gasteiger partial charge in [0.1, 0.15) is 5.69 Å². The minimum absolute atomic E-state index is 0.0373. The Hall–Kier alpha value is -2.87. The Morgan fingerprint density at radius 2 is 1.96 bits per heavy atom. The molecular weight excluding hydrogens is 358 g/mol. The van der Waals surface area contributed by atoms with Crippen LogP contribution in [0.25, 0.3) is 11.5 Å². The summed E-state index contributed by atoms with van der Waals surface area (Å²) in [6.45, 7) is 1.95. The van der Waals surface area contributed by atoms with E-state index >= 15 is 0 Å². The Balaban J connectivity index is 1.47. The van der Waals surface area contributed by atoms with Crippen LogP contribution in [0.1, 0.15) is 29.6 Å². The van der Waals surface area contributed by atoms with Crippen molar-refractivity contribution < 1.29 is 14.7 Å². The van der Waals surface area contributed by atoms with Crippen LogP contribution in [-0.2, 0) is 4.79 Å². The molecule has 0 aromatic carbocycles. The molecule has 2 aliphatic heterocycles. The number of piperidine rings is 1. The van der Waals surface area contributed by atoms with Gasteiger partial charge in [-0.1, -0.05) is 6.07 Å². The number of amides is 2. The number of nitrogens with zero attached hydrogens (tertiary/aromatic N) is 5. The average molecular weight is 381 g/mol. The van der Waals surface area contributed by atoms with Crippen LogP contribution in [0.4, 0.5) is 0 Å². The fourth-order valence-corrected chi connectivity index (χ4v) is 4.16. The van der Waals surface area contributed by atoms with Gasteiger partial charge in [0.25, 0.3) is 5.91 Å². The molecule has 2 aliphatic rings. The first-order valence-corrected chi connectivity index (χ1v) is 9.56. The molecule has 1 spiro atoms. The topological polar surface area (TPSA) is 99.5 Å². The molecular formula is C20H23N5O3. The van der Waals surface area contributed by atoms with Crippen molar-refractivity contribution in [2.24, 2.45) is 5.41 Å². The Morgan fingerprint density at radius 3 is 2.68 bits per heavy atom. The van der Waals surface area contributed by atoms with Crippen LogP contribution in [-0.4, -0.2) is 74.5 Å². The first-order chi connectivity index (χ1) is 13.6. The van der Waals surface area contributed by atoms with Gasteiger partial charge in [0, 0.05) is 44.8 Å². The van der Waals surface area contributed by atoms with Crippen molar-refractivity contribution in [3.05, 3.63) is 42.4 Å². The molecule has 2 aromatic rings. The molecule has 4 heterocycles. The zero-order valence-corrected chi connectivity index (χ0v) is 15.6. The summed E-state index contributed by atoms with van der Waals surface area (Å²) in [6, 6.07) is 5.49. The molecule has 0 radical (unpaired) electrons. The number of aromatic nitrogens is 3. The lowest BCUT2D eigenvalue weighted by Gasteiger charge is -2.39. The summed E-state index contributed by atoms with van der Waals surface area (Å²) in [5, 5.41) is 9.18. The van der Waals surface area contributed by atoms with E-state index in [1.54, 1.807) is 16.0 Å². The summed E-state index contributed by atoms with van der Waals surface area (Å²) in [7, 11) is 0. The molecule has 2 fully saturated rings. The molecule has 0 aliphatic carbocycles. The van der Waals surface area contributed by atoms with Crippen molar-refractivity contribution in [1.82, 2.24) is 24.8 Å². The molecule has 0 saturated carbocycles. The number of hydrogen-bond acceptors (Lipinski definition) is 6. The Morgan fingerprint density at radius 1 is 1.14 bits per heavy atom. The van der Waals surface area contributed by atoms with E-state index in [0.29, 0.717) is 49.7 Å². The van der Waals surface area contributed by atoms with E-state index in [-0.39, 0.29) is 18.4 Å². The molecule has 0 unspecified atom stereocenters. The lowest BCUT2D eigenvalue weighted by atomic mass is 9.78. The molecule has 2 amide bonds. The predicted octanol–water partition coefficient (Wildman–Crippen LogP) is 0.986. The lowest BCUT2D eigenvalue weighted by molar-refractivity contribution is -0.146. The van der Waals surface area contributed by atoms with Gasteiger partial charge in [-0.3, -0.25) is 14.6 Å². The molecule has 8 nitrogen and oxygen atoms in total. The number of aliphatic hydroxyl groups is 1. The summed E-state index contributed by atoms with van der Waals surface area (Å²) in [5.41, 5.74) is 0.545. The zero-order chi connectivity index (χ0) is 19.6. The molecule has 2 saturated heterocycles. The number of hydrogen-bond donors (Lipinski definition) is 1. The first kappa shape index (κ1) is 18.5. The van der Waals surface area contributed by atoms with Crippen molar-refractivity contribution in [3.63, 3.8) is 0 Å². The molecule has 146 valence electrons. The summed E-state index contributed by atoms with van der Waals surface area (Å²) in [4.78, 5) is 42.0. The molecule has 0 bridgehead atoms. The van der Waals surface area contributed by atoms with Crippen LogP contribution in [0.5, 0.6) is 0 Å². The van der Waals surface area contributed by atoms with E-state index in [1.165, 1.54) is 12.4 Å². The Bertz CT molecular complexity index is 856. The summed E-state index contributed by atoms with van der Waals surface area (Å²) >= 11 is 0. The number of pyridine rings is 1. The van der Waals surface area contributed by atoms with Crippen molar-refractivity contribution in [3.8, 4) is 11.5 Å². The SMILES string of the molecule is O=C(c1cnc(-c2ccccn2)nc1)N1CC[C@]2(CCCN(CCO)C2=O)C1. The fourth-order valence-electron chi connectivity index (χ4n) is 4.16. The van der Waals surface area contributed by atoms with E-state index in [0.717, 1.165) is 12.8 Å². The Kier molecular flexibility index (Phi) is 5.04. The van der Waals surface area contributed by atoms with Gasteiger partial charge in [-0.15, -0.1) is 0 Å². The summed E-state index contributed by atoms with van der Waals surface area (Å²) in [6.07, 6.45) is 7.05. The third-order valence-electron chi connectivity index (χ3n) is 5.63. The quantitative estimate of drug-likeness (QED) is 0.848. The largest absolute Gasteiger partial charge is 0.395 e. The summed E-state index contributed by atoms with van der Waals surface area (Å²) < 4.78 is 0. The minimum atomic E-state index is -0.516. The average Bonchev–Trinajstić information content (AvgIpc) is 3.17. The maximum atomic E-state index is 12.9. The van der Waals surface area contributed by atoms with Gasteiger partial charge in [0.05, 0.1) is 17.6 Å². The van der Waals surface area contributed by atoms with Gasteiger partial charge in [-0.05, 0) is 31.4 Å². The standard InChI is InChI=1S/C20H23N5O3/c26-11-10-24-8-3-5-20(19(24)28)6-9-25(14-20)18(27)15-12-22-17(23-13-15)16-4-1-2-7-21-16/h1-2,4,7,12-13,26H,3,5-6,8-11,14H2/t20-/m1/s1. The van der Waals surface area contributed by atoms with E-state index in [4.69, 9.17) is 0 Å². The predicted molar refractivity (Wildman–Crippen MR) is 101 cm³/mol. The second kappa shape index (κ2) is 7.63. The first-order valence-electron chi connectivity index (χ1n) is 9.56. The molecule has 28 heavy (non-hydrogen) atoms. The molecule has 1 atom stereocenters. The van der Waals surface area contributed by atoms with Crippen LogP contribution in [0.15, 0.2) is 36.8 Å². The van der Waals surface area contributed by atoms with E-state index in [2.05, 4.69) is 15.0 Å². The van der Waals surface area contributed by atoms with Crippen LogP contribution >= 0.6 is 0 Å². The number of carbonyl (C=O) groups is 2. The Labute approximate surface area is 163 Å². The number of likely N-dealkylation sites (tertiary alicyclic amines) is 2. The molecule has 4 rings (SSSR count). The minimum Gasteiger partial charge on any atom is -0.395 e. The highest BCUT2D eigenvalue weighted by Crippen LogP contribution is 2.40. The fraction of sp³-hybridized carbons (Fsp3) is 0.450. The van der Waals surface area contributed by atoms with Gasteiger partial charge >= 0.3 is 0 Å². The second-order valence-electron chi connectivity index (χ2n) is 7.39. The number of β-amino-alcohol motifs (C(OH)–C–C–N with tert-alkyl or cyclic N) is 1. The number of rotatable bonds is 4. The van der Waals surface area contributed by atoms with Gasteiger partial charge in [-0.25, -0.2) is 9.97 Å². The van der Waals surface area contributed by atoms with Gasteiger partial charge in [-0.2, -0.15) is 0 Å². The van der Waals surface area contributed by atoms with Crippen molar-refractivity contribution in [1.29, 1.82) is 0 Å². The third-order valence-corrected chi connectivity index (χ3v) is 5.63. The van der Waals surface area contributed by atoms with E-state index in [9.17, 15) is 14.7 Å². The lowest BCUT2D eigenvalue weighted by Crippen LogP contribution is -2.51. The summed E-state index contributed by atoms with van der Waals surface area (Å²) in [5.74, 6) is 0.374. The van der Waals surface area contributed by atoms with Crippen LogP contribution in [0.2, 0.25) is 0 Å². The zero-order valence-electron chi connectivity index (χ0n) is 15.6. The second-order valence-corrected chi connectivity index (χ2v) is 7.39. The molecule has 1 N–H and O–H groups in total. The number of aliphatic hydroxyl groups excluding tert-OH is 1. The van der Waals surface area contributed by atoms with Gasteiger partial charge in [0.2, 0.25) is 5.91 Å². The highest BCUT2D eigenvalue weighted by atomic mass is 16.3. The van der Waals surface area contributed by atoms with Gasteiger partial charge in [0.15, 0.2) is 5.82 Å². The highest BCUT2D eigenvalue weighted by molar-refractivity contribution is 5.95. The van der Waals surface area contributed by atoms with Gasteiger partial charge < -0.3 is 14.9 Å². The van der Waals surface area contributed by atoms with Crippen LogP contribution in [0.3, 0.4) is 0 Å². The number of carbonyl (C=O) groups excluding carboxylic acids is 2. The van der Waals surface area contributed by atoms with E-state index in [1.807, 2.05) is 18.2 Å². The monoisotopic (exact) mass is 381 g/mol. The normalized spacial score (nSPS) is 22.1. The maximum absolute atomic E-state index is 12.9. The van der Waals surface area contributed by atoms with Crippen molar-refractivity contribution >= 4 is 11.8 Å². The van der Waals surface area contributed by atoms with E-state index < -0.39 is 5.41 Å².